The highest BCUT2D eigenvalue weighted by atomic mass is 31.2. The maximum atomic E-state index is 9.79. The van der Waals surface area contributed by atoms with Crippen molar-refractivity contribution in [2.24, 2.45) is 0 Å². The number of hydrogen-bond acceptors (Lipinski definition) is 4. The highest BCUT2D eigenvalue weighted by Gasteiger charge is 2.10. The second-order valence-electron chi connectivity index (χ2n) is 2.25. The topological polar surface area (TPSA) is 113 Å². The van der Waals surface area contributed by atoms with Crippen LogP contribution in [-0.2, 0) is 18.6 Å². The minimum atomic E-state index is -4.17. The second-order valence-corrected chi connectivity index (χ2v) is 3.49. The predicted octanol–water partition coefficient (Wildman–Crippen LogP) is 0.613. The van der Waals surface area contributed by atoms with Crippen LogP contribution in [0.2, 0.25) is 0 Å². The molecule has 0 atom stereocenters. The molecule has 7 nitrogen and oxygen atoms in total. The lowest BCUT2D eigenvalue weighted by molar-refractivity contribution is -0.138. The van der Waals surface area contributed by atoms with Crippen LogP contribution in [-0.4, -0.2) is 40.7 Å². The molecule has 0 fully saturated rings. The zero-order valence-electron chi connectivity index (χ0n) is 8.75. The maximum absolute atomic E-state index is 9.79. The minimum absolute atomic E-state index is 0.0459. The van der Waals surface area contributed by atoms with Gasteiger partial charge in [-0.05, 0) is 13.8 Å². The summed E-state index contributed by atoms with van der Waals surface area (Å²) in [6.07, 6.45) is 0.105. The number of aliphatic carboxylic acids is 1. The van der Waals surface area contributed by atoms with Gasteiger partial charge >= 0.3 is 13.8 Å². The standard InChI is InChI=1S/C5H10O3.C2H7O4P/c1-2-8-4-3-5(6)7;1-2-6-7(3,4)5/h2-4H2,1H3,(H,6,7);2H2,1H3,(H2,3,4,5). The first-order valence-corrected chi connectivity index (χ1v) is 5.86. The molecule has 0 saturated heterocycles. The Morgan fingerprint density at radius 3 is 2.00 bits per heavy atom. The van der Waals surface area contributed by atoms with Gasteiger partial charge in [0.25, 0.3) is 0 Å². The van der Waals surface area contributed by atoms with E-state index in [9.17, 15) is 9.36 Å². The van der Waals surface area contributed by atoms with E-state index in [1.54, 1.807) is 0 Å². The fourth-order valence-electron chi connectivity index (χ4n) is 0.472. The van der Waals surface area contributed by atoms with Crippen molar-refractivity contribution in [3.63, 3.8) is 0 Å². The number of hydrogen-bond donors (Lipinski definition) is 3. The molecule has 0 unspecified atom stereocenters. The third-order valence-electron chi connectivity index (χ3n) is 0.962. The largest absolute Gasteiger partial charge is 0.481 e. The van der Waals surface area contributed by atoms with Crippen LogP contribution in [0.1, 0.15) is 20.3 Å². The van der Waals surface area contributed by atoms with Crippen LogP contribution in [0.4, 0.5) is 0 Å². The molecule has 0 bridgehead atoms. The van der Waals surface area contributed by atoms with Crippen molar-refractivity contribution < 1.29 is 33.5 Å². The maximum Gasteiger partial charge on any atom is 0.469 e. The van der Waals surface area contributed by atoms with Gasteiger partial charge in [0, 0.05) is 6.61 Å². The molecule has 0 heterocycles. The molecular formula is C7H17O7P. The quantitative estimate of drug-likeness (QED) is 0.463. The molecule has 92 valence electrons. The molecule has 0 aliphatic carbocycles. The van der Waals surface area contributed by atoms with E-state index in [4.69, 9.17) is 19.6 Å². The number of carbonyl (C=O) groups is 1. The molecule has 0 aliphatic rings. The normalized spacial score (nSPS) is 10.4. The molecule has 3 N–H and O–H groups in total. The van der Waals surface area contributed by atoms with E-state index in [0.29, 0.717) is 13.2 Å². The fourth-order valence-corrected chi connectivity index (χ4v) is 0.808. The second kappa shape index (κ2) is 10.1. The summed E-state index contributed by atoms with van der Waals surface area (Å²) in [5.41, 5.74) is 0. The van der Waals surface area contributed by atoms with E-state index in [2.05, 4.69) is 4.52 Å². The van der Waals surface area contributed by atoms with E-state index < -0.39 is 13.8 Å². The number of phosphoric acid groups is 1. The molecular weight excluding hydrogens is 227 g/mol. The van der Waals surface area contributed by atoms with Gasteiger partial charge in [0.15, 0.2) is 0 Å². The van der Waals surface area contributed by atoms with Crippen LogP contribution in [0.25, 0.3) is 0 Å². The summed E-state index contributed by atoms with van der Waals surface area (Å²) in [5.74, 6) is -0.807. The highest BCUT2D eigenvalue weighted by Crippen LogP contribution is 2.34. The molecule has 0 aliphatic heterocycles. The highest BCUT2D eigenvalue weighted by molar-refractivity contribution is 7.46. The Labute approximate surface area is 88.3 Å². The lowest BCUT2D eigenvalue weighted by Crippen LogP contribution is -2.01. The van der Waals surface area contributed by atoms with Gasteiger partial charge < -0.3 is 19.6 Å². The Balaban J connectivity index is 0. The van der Waals surface area contributed by atoms with Gasteiger partial charge in [0.1, 0.15) is 0 Å². The van der Waals surface area contributed by atoms with Crippen LogP contribution in [0.5, 0.6) is 0 Å². The summed E-state index contributed by atoms with van der Waals surface area (Å²) in [6.45, 7) is 4.31. The summed E-state index contributed by atoms with van der Waals surface area (Å²) in [7, 11) is -4.17. The third-order valence-corrected chi connectivity index (χ3v) is 1.56. The van der Waals surface area contributed by atoms with Gasteiger partial charge in [0.05, 0.1) is 19.6 Å². The van der Waals surface area contributed by atoms with Gasteiger partial charge in [-0.3, -0.25) is 9.32 Å². The SMILES string of the molecule is CCOCCC(=O)O.CCOP(=O)(O)O. The number of carboxylic acids is 1. The summed E-state index contributed by atoms with van der Waals surface area (Å²) in [4.78, 5) is 25.6. The zero-order chi connectivity index (χ0) is 12.3. The lowest BCUT2D eigenvalue weighted by Gasteiger charge is -1.98. The Bertz CT molecular complexity index is 200. The van der Waals surface area contributed by atoms with E-state index in [1.165, 1.54) is 6.92 Å². The Morgan fingerprint density at radius 2 is 1.80 bits per heavy atom. The molecule has 0 aromatic rings. The number of rotatable bonds is 6. The summed E-state index contributed by atoms with van der Waals surface area (Å²) < 4.78 is 18.4. The Morgan fingerprint density at radius 1 is 1.27 bits per heavy atom. The van der Waals surface area contributed by atoms with Gasteiger partial charge in [0.2, 0.25) is 0 Å². The average Bonchev–Trinajstić information content (AvgIpc) is 2.02. The van der Waals surface area contributed by atoms with Crippen molar-refractivity contribution in [2.75, 3.05) is 19.8 Å². The lowest BCUT2D eigenvalue weighted by atomic mass is 10.5. The molecule has 15 heavy (non-hydrogen) atoms. The molecule has 0 amide bonds. The van der Waals surface area contributed by atoms with Crippen molar-refractivity contribution in [3.05, 3.63) is 0 Å². The number of carboxylic acid groups (broad SMARTS) is 1. The van der Waals surface area contributed by atoms with Crippen LogP contribution in [0, 0.1) is 0 Å². The van der Waals surface area contributed by atoms with Crippen LogP contribution in [0.3, 0.4) is 0 Å². The summed E-state index contributed by atoms with van der Waals surface area (Å²) in [6, 6.07) is 0. The van der Waals surface area contributed by atoms with Crippen LogP contribution < -0.4 is 0 Å². The first-order chi connectivity index (χ1) is 6.83. The zero-order valence-corrected chi connectivity index (χ0v) is 9.64. The van der Waals surface area contributed by atoms with Crippen LogP contribution in [0.15, 0.2) is 0 Å². The van der Waals surface area contributed by atoms with Crippen molar-refractivity contribution in [1.29, 1.82) is 0 Å². The summed E-state index contributed by atoms with van der Waals surface area (Å²) >= 11 is 0. The van der Waals surface area contributed by atoms with Gasteiger partial charge in [-0.1, -0.05) is 0 Å². The summed E-state index contributed by atoms with van der Waals surface area (Å²) in [5, 5.41) is 8.06. The monoisotopic (exact) mass is 244 g/mol. The van der Waals surface area contributed by atoms with Crippen LogP contribution >= 0.6 is 7.82 Å². The number of ether oxygens (including phenoxy) is 1. The van der Waals surface area contributed by atoms with Crippen molar-refractivity contribution in [2.45, 2.75) is 20.3 Å². The van der Waals surface area contributed by atoms with Crippen molar-refractivity contribution in [3.8, 4) is 0 Å². The fraction of sp³-hybridized carbons (Fsp3) is 0.857. The van der Waals surface area contributed by atoms with E-state index in [-0.39, 0.29) is 13.0 Å². The first kappa shape index (κ1) is 17.0. The molecule has 0 spiro atoms. The first-order valence-electron chi connectivity index (χ1n) is 4.33. The Kier molecular flexibility index (Phi) is 11.4. The smallest absolute Gasteiger partial charge is 0.469 e. The predicted molar refractivity (Wildman–Crippen MR) is 52.4 cm³/mol. The number of phosphoric ester groups is 1. The van der Waals surface area contributed by atoms with Crippen molar-refractivity contribution in [1.82, 2.24) is 0 Å². The van der Waals surface area contributed by atoms with E-state index in [1.807, 2.05) is 6.92 Å². The third kappa shape index (κ3) is 24.7. The molecule has 0 aromatic carbocycles. The molecule has 0 rings (SSSR count). The van der Waals surface area contributed by atoms with E-state index >= 15 is 0 Å². The Hall–Kier alpha value is -0.460. The van der Waals surface area contributed by atoms with Crippen molar-refractivity contribution >= 4 is 13.8 Å². The minimum Gasteiger partial charge on any atom is -0.481 e. The van der Waals surface area contributed by atoms with E-state index in [0.717, 1.165) is 0 Å². The molecule has 0 aromatic heterocycles. The van der Waals surface area contributed by atoms with Gasteiger partial charge in [-0.25, -0.2) is 4.57 Å². The van der Waals surface area contributed by atoms with Gasteiger partial charge in [-0.15, -0.1) is 0 Å². The molecule has 0 radical (unpaired) electrons. The molecule has 8 heteroatoms. The molecule has 0 saturated carbocycles. The van der Waals surface area contributed by atoms with Gasteiger partial charge in [-0.2, -0.15) is 0 Å². The average molecular weight is 244 g/mol.